The van der Waals surface area contributed by atoms with E-state index in [9.17, 15) is 4.39 Å². The fourth-order valence-electron chi connectivity index (χ4n) is 1.81. The molecular formula is C15H13BrClF. The normalized spacial score (nSPS) is 12.5. The first kappa shape index (κ1) is 13.6. The van der Waals surface area contributed by atoms with E-state index in [0.717, 1.165) is 11.1 Å². The van der Waals surface area contributed by atoms with Gasteiger partial charge in [0.1, 0.15) is 5.82 Å². The number of hydrogen-bond donors (Lipinski definition) is 0. The Morgan fingerprint density at radius 1 is 1.06 bits per heavy atom. The minimum Gasteiger partial charge on any atom is -0.207 e. The highest BCUT2D eigenvalue weighted by atomic mass is 79.9. The lowest BCUT2D eigenvalue weighted by molar-refractivity contribution is 0.611. The number of aryl methyl sites for hydroxylation is 2. The van der Waals surface area contributed by atoms with Crippen molar-refractivity contribution in [2.45, 2.75) is 19.2 Å². The van der Waals surface area contributed by atoms with Crippen molar-refractivity contribution in [2.75, 3.05) is 0 Å². The molecule has 2 aromatic rings. The predicted octanol–water partition coefficient (Wildman–Crippen LogP) is 5.53. The Morgan fingerprint density at radius 3 is 2.39 bits per heavy atom. The molecule has 2 rings (SSSR count). The van der Waals surface area contributed by atoms with Gasteiger partial charge in [-0.25, -0.2) is 4.39 Å². The van der Waals surface area contributed by atoms with Gasteiger partial charge in [-0.05, 0) is 42.7 Å². The quantitative estimate of drug-likeness (QED) is 0.636. The summed E-state index contributed by atoms with van der Waals surface area (Å²) in [5.74, 6) is -0.289. The van der Waals surface area contributed by atoms with E-state index in [0.29, 0.717) is 10.0 Å². The fraction of sp³-hybridized carbons (Fsp3) is 0.200. The molecule has 0 nitrogen and oxygen atoms in total. The van der Waals surface area contributed by atoms with Gasteiger partial charge in [0.2, 0.25) is 0 Å². The lowest BCUT2D eigenvalue weighted by Crippen LogP contribution is -1.98. The van der Waals surface area contributed by atoms with Crippen LogP contribution in [0.1, 0.15) is 27.6 Å². The van der Waals surface area contributed by atoms with Crippen molar-refractivity contribution < 1.29 is 4.39 Å². The van der Waals surface area contributed by atoms with Crippen molar-refractivity contribution in [3.63, 3.8) is 0 Å². The minimum absolute atomic E-state index is 0.289. The number of alkyl halides is 1. The van der Waals surface area contributed by atoms with E-state index < -0.39 is 5.38 Å². The van der Waals surface area contributed by atoms with Gasteiger partial charge in [0.25, 0.3) is 0 Å². The van der Waals surface area contributed by atoms with E-state index >= 15 is 0 Å². The Kier molecular flexibility index (Phi) is 4.08. The van der Waals surface area contributed by atoms with E-state index in [1.807, 2.05) is 32.0 Å². The average molecular weight is 328 g/mol. The van der Waals surface area contributed by atoms with Crippen molar-refractivity contribution in [1.82, 2.24) is 0 Å². The summed E-state index contributed by atoms with van der Waals surface area (Å²) in [5, 5.41) is -0.461. The van der Waals surface area contributed by atoms with Gasteiger partial charge in [0.15, 0.2) is 0 Å². The highest BCUT2D eigenvalue weighted by Gasteiger charge is 2.15. The molecule has 0 heterocycles. The molecule has 2 aromatic carbocycles. The van der Waals surface area contributed by atoms with Crippen LogP contribution in [0, 0.1) is 19.7 Å². The number of rotatable bonds is 2. The molecule has 0 aromatic heterocycles. The van der Waals surface area contributed by atoms with Crippen LogP contribution in [0.3, 0.4) is 0 Å². The Balaban J connectivity index is 2.41. The highest BCUT2D eigenvalue weighted by molar-refractivity contribution is 9.10. The van der Waals surface area contributed by atoms with Gasteiger partial charge in [-0.15, -0.1) is 11.6 Å². The van der Waals surface area contributed by atoms with Gasteiger partial charge in [0.05, 0.1) is 5.38 Å². The van der Waals surface area contributed by atoms with E-state index in [-0.39, 0.29) is 5.82 Å². The summed E-state index contributed by atoms with van der Waals surface area (Å²) in [4.78, 5) is 0. The predicted molar refractivity (Wildman–Crippen MR) is 77.7 cm³/mol. The molecule has 0 aliphatic carbocycles. The third kappa shape index (κ3) is 2.76. The molecule has 0 saturated heterocycles. The second kappa shape index (κ2) is 5.41. The van der Waals surface area contributed by atoms with E-state index in [4.69, 9.17) is 11.6 Å². The van der Waals surface area contributed by atoms with E-state index in [1.165, 1.54) is 11.6 Å². The second-order valence-corrected chi connectivity index (χ2v) is 5.72. The zero-order valence-corrected chi connectivity index (χ0v) is 12.5. The van der Waals surface area contributed by atoms with Gasteiger partial charge < -0.3 is 0 Å². The van der Waals surface area contributed by atoms with Crippen LogP contribution in [0.15, 0.2) is 40.9 Å². The van der Waals surface area contributed by atoms with Gasteiger partial charge in [-0.1, -0.05) is 40.2 Å². The first-order valence-electron chi connectivity index (χ1n) is 5.65. The summed E-state index contributed by atoms with van der Waals surface area (Å²) < 4.78 is 14.6. The lowest BCUT2D eigenvalue weighted by Gasteiger charge is -2.13. The third-order valence-corrected chi connectivity index (χ3v) is 4.04. The molecule has 0 fully saturated rings. The summed E-state index contributed by atoms with van der Waals surface area (Å²) in [7, 11) is 0. The van der Waals surface area contributed by atoms with Crippen molar-refractivity contribution in [1.29, 1.82) is 0 Å². The monoisotopic (exact) mass is 326 g/mol. The first-order chi connectivity index (χ1) is 8.49. The zero-order valence-electron chi connectivity index (χ0n) is 10.2. The molecule has 1 unspecified atom stereocenters. The van der Waals surface area contributed by atoms with Gasteiger partial charge >= 0.3 is 0 Å². The molecule has 0 spiro atoms. The molecule has 1 atom stereocenters. The summed E-state index contributed by atoms with van der Waals surface area (Å²) >= 11 is 9.60. The standard InChI is InChI=1S/C15H13BrClF/c1-9-3-4-11(7-10(9)2)15(17)13-6-5-12(16)8-14(13)18/h3-8,15H,1-2H3. The van der Waals surface area contributed by atoms with Crippen LogP contribution in [0.5, 0.6) is 0 Å². The summed E-state index contributed by atoms with van der Waals surface area (Å²) in [5.41, 5.74) is 3.79. The summed E-state index contributed by atoms with van der Waals surface area (Å²) in [6.45, 7) is 4.07. The van der Waals surface area contributed by atoms with Crippen LogP contribution in [-0.2, 0) is 0 Å². The maximum absolute atomic E-state index is 13.9. The molecule has 0 saturated carbocycles. The van der Waals surface area contributed by atoms with Gasteiger partial charge in [0, 0.05) is 10.0 Å². The topological polar surface area (TPSA) is 0 Å². The van der Waals surface area contributed by atoms with Crippen molar-refractivity contribution in [3.05, 3.63) is 68.9 Å². The lowest BCUT2D eigenvalue weighted by atomic mass is 10.00. The molecular weight excluding hydrogens is 315 g/mol. The van der Waals surface area contributed by atoms with Crippen molar-refractivity contribution in [3.8, 4) is 0 Å². The van der Waals surface area contributed by atoms with Crippen LogP contribution in [0.2, 0.25) is 0 Å². The van der Waals surface area contributed by atoms with Gasteiger partial charge in [-0.2, -0.15) is 0 Å². The molecule has 0 amide bonds. The second-order valence-electron chi connectivity index (χ2n) is 4.37. The Bertz CT molecular complexity index is 581. The van der Waals surface area contributed by atoms with Gasteiger partial charge in [-0.3, -0.25) is 0 Å². The van der Waals surface area contributed by atoms with Crippen LogP contribution >= 0.6 is 27.5 Å². The van der Waals surface area contributed by atoms with E-state index in [1.54, 1.807) is 12.1 Å². The molecule has 0 aliphatic heterocycles. The molecule has 94 valence electrons. The first-order valence-corrected chi connectivity index (χ1v) is 6.88. The van der Waals surface area contributed by atoms with Crippen molar-refractivity contribution in [2.24, 2.45) is 0 Å². The Hall–Kier alpha value is -0.860. The number of halogens is 3. The molecule has 0 bridgehead atoms. The van der Waals surface area contributed by atoms with Crippen LogP contribution in [0.25, 0.3) is 0 Å². The molecule has 3 heteroatoms. The smallest absolute Gasteiger partial charge is 0.129 e. The summed E-state index contributed by atoms with van der Waals surface area (Å²) in [6, 6.07) is 10.9. The number of benzene rings is 2. The van der Waals surface area contributed by atoms with Crippen LogP contribution < -0.4 is 0 Å². The Morgan fingerprint density at radius 2 is 1.78 bits per heavy atom. The largest absolute Gasteiger partial charge is 0.207 e. The van der Waals surface area contributed by atoms with Crippen LogP contribution in [0.4, 0.5) is 4.39 Å². The van der Waals surface area contributed by atoms with E-state index in [2.05, 4.69) is 15.9 Å². The number of hydrogen-bond acceptors (Lipinski definition) is 0. The zero-order chi connectivity index (χ0) is 13.3. The molecule has 18 heavy (non-hydrogen) atoms. The average Bonchev–Trinajstić information content (AvgIpc) is 2.32. The Labute approximate surface area is 120 Å². The maximum Gasteiger partial charge on any atom is 0.129 e. The minimum atomic E-state index is -0.461. The molecule has 0 N–H and O–H groups in total. The SMILES string of the molecule is Cc1ccc(C(Cl)c2ccc(Br)cc2F)cc1C. The van der Waals surface area contributed by atoms with Crippen molar-refractivity contribution >= 4 is 27.5 Å². The molecule has 0 radical (unpaired) electrons. The van der Waals surface area contributed by atoms with Crippen LogP contribution in [-0.4, -0.2) is 0 Å². The maximum atomic E-state index is 13.9. The third-order valence-electron chi connectivity index (χ3n) is 3.06. The summed E-state index contributed by atoms with van der Waals surface area (Å²) in [6.07, 6.45) is 0. The molecule has 0 aliphatic rings. The highest BCUT2D eigenvalue weighted by Crippen LogP contribution is 2.32. The fourth-order valence-corrected chi connectivity index (χ4v) is 2.45.